The standard InChI is InChI=1S/C17H17BrClNO2/c1-10-4-6-14(8-11(10)2)22-12(3)17(21)20-13-5-7-15(18)16(19)9-13/h4-9,12H,1-3H3,(H,20,21)/t12-/m0/s1. The molecule has 116 valence electrons. The number of carbonyl (C=O) groups is 1. The molecule has 1 N–H and O–H groups in total. The second-order valence-corrected chi connectivity index (χ2v) is 6.39. The Morgan fingerprint density at radius 3 is 2.55 bits per heavy atom. The summed E-state index contributed by atoms with van der Waals surface area (Å²) in [5.41, 5.74) is 2.95. The SMILES string of the molecule is Cc1ccc(O[C@@H](C)C(=O)Nc2ccc(Br)c(Cl)c2)cc1C. The minimum atomic E-state index is -0.607. The van der Waals surface area contributed by atoms with Crippen LogP contribution in [0.2, 0.25) is 5.02 Å². The lowest BCUT2D eigenvalue weighted by atomic mass is 10.1. The maximum absolute atomic E-state index is 12.2. The number of benzene rings is 2. The van der Waals surface area contributed by atoms with E-state index in [4.69, 9.17) is 16.3 Å². The van der Waals surface area contributed by atoms with Crippen LogP contribution in [0.15, 0.2) is 40.9 Å². The van der Waals surface area contributed by atoms with Crippen molar-refractivity contribution in [2.24, 2.45) is 0 Å². The first-order chi connectivity index (χ1) is 10.4. The van der Waals surface area contributed by atoms with Gasteiger partial charge < -0.3 is 10.1 Å². The maximum atomic E-state index is 12.2. The van der Waals surface area contributed by atoms with E-state index in [2.05, 4.69) is 21.2 Å². The third kappa shape index (κ3) is 4.24. The minimum Gasteiger partial charge on any atom is -0.481 e. The molecule has 0 unspecified atom stereocenters. The number of halogens is 2. The molecule has 0 aromatic heterocycles. The maximum Gasteiger partial charge on any atom is 0.265 e. The third-order valence-corrected chi connectivity index (χ3v) is 4.58. The number of ether oxygens (including phenoxy) is 1. The largest absolute Gasteiger partial charge is 0.481 e. The summed E-state index contributed by atoms with van der Waals surface area (Å²) in [5.74, 6) is 0.455. The quantitative estimate of drug-likeness (QED) is 0.796. The summed E-state index contributed by atoms with van der Waals surface area (Å²) >= 11 is 9.32. The van der Waals surface area contributed by atoms with Gasteiger partial charge in [-0.15, -0.1) is 0 Å². The molecule has 0 radical (unpaired) electrons. The van der Waals surface area contributed by atoms with Gasteiger partial charge in [-0.3, -0.25) is 4.79 Å². The molecule has 0 aliphatic carbocycles. The zero-order valence-electron chi connectivity index (χ0n) is 12.6. The van der Waals surface area contributed by atoms with Gasteiger partial charge in [0, 0.05) is 10.2 Å². The highest BCUT2D eigenvalue weighted by atomic mass is 79.9. The van der Waals surface area contributed by atoms with Crippen molar-refractivity contribution in [3.8, 4) is 5.75 Å². The van der Waals surface area contributed by atoms with E-state index in [1.807, 2.05) is 32.0 Å². The molecule has 0 saturated carbocycles. The van der Waals surface area contributed by atoms with Crippen molar-refractivity contribution in [2.75, 3.05) is 5.32 Å². The highest BCUT2D eigenvalue weighted by Crippen LogP contribution is 2.25. The molecule has 0 saturated heterocycles. The number of anilines is 1. The van der Waals surface area contributed by atoms with Crippen LogP contribution in [0.3, 0.4) is 0 Å². The number of aryl methyl sites for hydroxylation is 2. The summed E-state index contributed by atoms with van der Waals surface area (Å²) in [5, 5.41) is 3.33. The van der Waals surface area contributed by atoms with Gasteiger partial charge in [0.15, 0.2) is 6.10 Å². The second kappa shape index (κ2) is 7.16. The molecule has 0 fully saturated rings. The normalized spacial score (nSPS) is 11.9. The number of hydrogen-bond acceptors (Lipinski definition) is 2. The van der Waals surface area contributed by atoms with E-state index in [-0.39, 0.29) is 5.91 Å². The third-order valence-electron chi connectivity index (χ3n) is 3.35. The van der Waals surface area contributed by atoms with Gasteiger partial charge in [-0.25, -0.2) is 0 Å². The van der Waals surface area contributed by atoms with E-state index in [1.165, 1.54) is 5.56 Å². The molecule has 0 heterocycles. The van der Waals surface area contributed by atoms with Gasteiger partial charge in [-0.1, -0.05) is 17.7 Å². The molecule has 2 aromatic carbocycles. The Labute approximate surface area is 143 Å². The number of nitrogens with one attached hydrogen (secondary N) is 1. The molecular formula is C17H17BrClNO2. The van der Waals surface area contributed by atoms with Gasteiger partial charge >= 0.3 is 0 Å². The highest BCUT2D eigenvalue weighted by molar-refractivity contribution is 9.10. The Morgan fingerprint density at radius 1 is 1.18 bits per heavy atom. The van der Waals surface area contributed by atoms with Crippen LogP contribution in [0.4, 0.5) is 5.69 Å². The summed E-state index contributed by atoms with van der Waals surface area (Å²) in [6.07, 6.45) is -0.607. The zero-order valence-corrected chi connectivity index (χ0v) is 15.0. The van der Waals surface area contributed by atoms with Gasteiger partial charge in [-0.2, -0.15) is 0 Å². The van der Waals surface area contributed by atoms with Crippen molar-refractivity contribution >= 4 is 39.1 Å². The minimum absolute atomic E-state index is 0.225. The molecule has 0 aliphatic rings. The molecule has 0 aliphatic heterocycles. The summed E-state index contributed by atoms with van der Waals surface area (Å²) in [6.45, 7) is 5.76. The number of amides is 1. The topological polar surface area (TPSA) is 38.3 Å². The molecule has 1 amide bonds. The fourth-order valence-electron chi connectivity index (χ4n) is 1.86. The monoisotopic (exact) mass is 381 g/mol. The molecule has 0 spiro atoms. The molecule has 2 aromatic rings. The molecule has 3 nitrogen and oxygen atoms in total. The summed E-state index contributed by atoms with van der Waals surface area (Å²) in [4.78, 5) is 12.2. The van der Waals surface area contributed by atoms with Crippen LogP contribution in [0.5, 0.6) is 5.75 Å². The van der Waals surface area contributed by atoms with Gasteiger partial charge in [0.25, 0.3) is 5.91 Å². The van der Waals surface area contributed by atoms with Crippen LogP contribution < -0.4 is 10.1 Å². The fraction of sp³-hybridized carbons (Fsp3) is 0.235. The first-order valence-corrected chi connectivity index (χ1v) is 8.03. The van der Waals surface area contributed by atoms with E-state index in [0.717, 1.165) is 10.0 Å². The summed E-state index contributed by atoms with van der Waals surface area (Å²) < 4.78 is 6.47. The van der Waals surface area contributed by atoms with Gasteiger partial charge in [-0.05, 0) is 78.2 Å². The lowest BCUT2D eigenvalue weighted by molar-refractivity contribution is -0.122. The van der Waals surface area contributed by atoms with Gasteiger partial charge in [0.2, 0.25) is 0 Å². The van der Waals surface area contributed by atoms with Crippen molar-refractivity contribution in [3.63, 3.8) is 0 Å². The van der Waals surface area contributed by atoms with Crippen molar-refractivity contribution in [1.29, 1.82) is 0 Å². The van der Waals surface area contributed by atoms with E-state index < -0.39 is 6.10 Å². The Morgan fingerprint density at radius 2 is 1.91 bits per heavy atom. The second-order valence-electron chi connectivity index (χ2n) is 5.12. The van der Waals surface area contributed by atoms with E-state index in [0.29, 0.717) is 16.5 Å². The van der Waals surface area contributed by atoms with Crippen molar-refractivity contribution in [3.05, 3.63) is 57.0 Å². The smallest absolute Gasteiger partial charge is 0.265 e. The first-order valence-electron chi connectivity index (χ1n) is 6.86. The number of carbonyl (C=O) groups excluding carboxylic acids is 1. The molecule has 5 heteroatoms. The Hall–Kier alpha value is -1.52. The van der Waals surface area contributed by atoms with E-state index >= 15 is 0 Å². The highest BCUT2D eigenvalue weighted by Gasteiger charge is 2.15. The van der Waals surface area contributed by atoms with Crippen LogP contribution in [0.25, 0.3) is 0 Å². The predicted octanol–water partition coefficient (Wildman–Crippen LogP) is 5.13. The van der Waals surface area contributed by atoms with Crippen molar-refractivity contribution < 1.29 is 9.53 Å². The Kier molecular flexibility index (Phi) is 5.48. The fourth-order valence-corrected chi connectivity index (χ4v) is 2.29. The molecule has 1 atom stereocenters. The lowest BCUT2D eigenvalue weighted by Gasteiger charge is -2.16. The molecule has 0 bridgehead atoms. The molecule has 22 heavy (non-hydrogen) atoms. The predicted molar refractivity (Wildman–Crippen MR) is 93.8 cm³/mol. The average Bonchev–Trinajstić information content (AvgIpc) is 2.46. The first kappa shape index (κ1) is 16.8. The lowest BCUT2D eigenvalue weighted by Crippen LogP contribution is -2.30. The number of rotatable bonds is 4. The van der Waals surface area contributed by atoms with E-state index in [9.17, 15) is 4.79 Å². The van der Waals surface area contributed by atoms with Crippen LogP contribution in [-0.2, 0) is 4.79 Å². The van der Waals surface area contributed by atoms with Gasteiger partial charge in [0.1, 0.15) is 5.75 Å². The zero-order chi connectivity index (χ0) is 16.3. The molecular weight excluding hydrogens is 366 g/mol. The van der Waals surface area contributed by atoms with Crippen LogP contribution in [0.1, 0.15) is 18.1 Å². The number of hydrogen-bond donors (Lipinski definition) is 1. The van der Waals surface area contributed by atoms with Crippen LogP contribution in [-0.4, -0.2) is 12.0 Å². The Balaban J connectivity index is 2.02. The van der Waals surface area contributed by atoms with E-state index in [1.54, 1.807) is 25.1 Å². The summed E-state index contributed by atoms with van der Waals surface area (Å²) in [7, 11) is 0. The Bertz CT molecular complexity index is 703. The van der Waals surface area contributed by atoms with Gasteiger partial charge in [0.05, 0.1) is 5.02 Å². The van der Waals surface area contributed by atoms with Crippen LogP contribution >= 0.6 is 27.5 Å². The average molecular weight is 383 g/mol. The molecule has 2 rings (SSSR count). The van der Waals surface area contributed by atoms with Crippen LogP contribution in [0, 0.1) is 13.8 Å². The summed E-state index contributed by atoms with van der Waals surface area (Å²) in [6, 6.07) is 11.0. The van der Waals surface area contributed by atoms with Crippen molar-refractivity contribution in [1.82, 2.24) is 0 Å². The van der Waals surface area contributed by atoms with Crippen molar-refractivity contribution in [2.45, 2.75) is 26.9 Å².